The highest BCUT2D eigenvalue weighted by Crippen LogP contribution is 2.41. The van der Waals surface area contributed by atoms with Gasteiger partial charge in [-0.3, -0.25) is 9.97 Å². The minimum Gasteiger partial charge on any atom is -0.311 e. The SMILES string of the molecule is CNC(c1cnccn1)C1CC2CCC(C1)N2C. The Bertz CT molecular complexity index is 380. The summed E-state index contributed by atoms with van der Waals surface area (Å²) >= 11 is 0. The van der Waals surface area contributed by atoms with Crippen LogP contribution in [0.5, 0.6) is 0 Å². The molecule has 18 heavy (non-hydrogen) atoms. The number of hydrogen-bond donors (Lipinski definition) is 1. The van der Waals surface area contributed by atoms with Crippen molar-refractivity contribution in [3.8, 4) is 0 Å². The molecule has 3 rings (SSSR count). The van der Waals surface area contributed by atoms with Crippen molar-refractivity contribution in [3.05, 3.63) is 24.3 Å². The van der Waals surface area contributed by atoms with Gasteiger partial charge in [0.25, 0.3) is 0 Å². The van der Waals surface area contributed by atoms with Gasteiger partial charge < -0.3 is 10.2 Å². The van der Waals surface area contributed by atoms with Gasteiger partial charge in [-0.2, -0.15) is 0 Å². The molecular weight excluding hydrogens is 224 g/mol. The molecule has 3 atom stereocenters. The second-order valence-electron chi connectivity index (χ2n) is 5.68. The van der Waals surface area contributed by atoms with E-state index in [1.165, 1.54) is 25.7 Å². The first-order chi connectivity index (χ1) is 8.79. The Morgan fingerprint density at radius 3 is 2.56 bits per heavy atom. The molecule has 4 nitrogen and oxygen atoms in total. The van der Waals surface area contributed by atoms with Crippen LogP contribution in [0.1, 0.15) is 37.4 Å². The number of rotatable bonds is 3. The number of fused-ring (bicyclic) bond motifs is 2. The molecular formula is C14H22N4. The lowest BCUT2D eigenvalue weighted by Crippen LogP contribution is -2.43. The van der Waals surface area contributed by atoms with E-state index < -0.39 is 0 Å². The molecule has 0 radical (unpaired) electrons. The van der Waals surface area contributed by atoms with Gasteiger partial charge in [0.2, 0.25) is 0 Å². The first kappa shape index (κ1) is 12.1. The number of hydrogen-bond acceptors (Lipinski definition) is 4. The predicted molar refractivity (Wildman–Crippen MR) is 71.1 cm³/mol. The Morgan fingerprint density at radius 1 is 1.28 bits per heavy atom. The Hall–Kier alpha value is -1.00. The van der Waals surface area contributed by atoms with Crippen LogP contribution in [-0.4, -0.2) is 41.0 Å². The van der Waals surface area contributed by atoms with Crippen LogP contribution in [0.15, 0.2) is 18.6 Å². The third-order valence-corrected chi connectivity index (χ3v) is 4.82. The van der Waals surface area contributed by atoms with Crippen molar-refractivity contribution in [1.29, 1.82) is 0 Å². The van der Waals surface area contributed by atoms with E-state index in [0.29, 0.717) is 12.0 Å². The molecule has 4 heteroatoms. The summed E-state index contributed by atoms with van der Waals surface area (Å²) in [6.07, 6.45) is 10.8. The fourth-order valence-electron chi connectivity index (χ4n) is 3.82. The van der Waals surface area contributed by atoms with Crippen molar-refractivity contribution in [2.45, 2.75) is 43.8 Å². The van der Waals surface area contributed by atoms with Crippen molar-refractivity contribution >= 4 is 0 Å². The summed E-state index contributed by atoms with van der Waals surface area (Å²) in [4.78, 5) is 11.3. The first-order valence-corrected chi connectivity index (χ1v) is 6.94. The second-order valence-corrected chi connectivity index (χ2v) is 5.68. The minimum absolute atomic E-state index is 0.357. The molecule has 2 aliphatic rings. The topological polar surface area (TPSA) is 41.1 Å². The van der Waals surface area contributed by atoms with Gasteiger partial charge in [0, 0.05) is 30.7 Å². The number of aromatic nitrogens is 2. The number of piperidine rings is 1. The van der Waals surface area contributed by atoms with E-state index in [2.05, 4.69) is 27.2 Å². The maximum atomic E-state index is 4.48. The lowest BCUT2D eigenvalue weighted by Gasteiger charge is -2.39. The Morgan fingerprint density at radius 2 is 2.00 bits per heavy atom. The molecule has 0 amide bonds. The van der Waals surface area contributed by atoms with Crippen LogP contribution in [0.25, 0.3) is 0 Å². The lowest BCUT2D eigenvalue weighted by molar-refractivity contribution is 0.113. The molecule has 1 aromatic heterocycles. The van der Waals surface area contributed by atoms with Gasteiger partial charge in [-0.05, 0) is 45.7 Å². The summed E-state index contributed by atoms with van der Waals surface area (Å²) in [5.41, 5.74) is 1.09. The van der Waals surface area contributed by atoms with Crippen molar-refractivity contribution in [2.75, 3.05) is 14.1 Å². The molecule has 3 heterocycles. The van der Waals surface area contributed by atoms with Gasteiger partial charge in [-0.25, -0.2) is 0 Å². The van der Waals surface area contributed by atoms with Crippen LogP contribution in [0.4, 0.5) is 0 Å². The number of nitrogens with one attached hydrogen (secondary N) is 1. The average molecular weight is 246 g/mol. The van der Waals surface area contributed by atoms with Gasteiger partial charge >= 0.3 is 0 Å². The Labute approximate surface area is 109 Å². The molecule has 1 N–H and O–H groups in total. The van der Waals surface area contributed by atoms with E-state index in [-0.39, 0.29) is 0 Å². The maximum absolute atomic E-state index is 4.48. The van der Waals surface area contributed by atoms with Gasteiger partial charge in [0.1, 0.15) is 0 Å². The molecule has 2 fully saturated rings. The molecule has 98 valence electrons. The van der Waals surface area contributed by atoms with E-state index in [1.54, 1.807) is 12.4 Å². The lowest BCUT2D eigenvalue weighted by atomic mass is 9.84. The highest BCUT2D eigenvalue weighted by atomic mass is 15.2. The second kappa shape index (κ2) is 4.94. The minimum atomic E-state index is 0.357. The summed E-state index contributed by atoms with van der Waals surface area (Å²) in [5.74, 6) is 0.695. The smallest absolute Gasteiger partial charge is 0.0758 e. The third-order valence-electron chi connectivity index (χ3n) is 4.82. The van der Waals surface area contributed by atoms with E-state index in [9.17, 15) is 0 Å². The molecule has 0 aromatic carbocycles. The average Bonchev–Trinajstić information content (AvgIpc) is 2.64. The van der Waals surface area contributed by atoms with Crippen LogP contribution in [0, 0.1) is 5.92 Å². The zero-order valence-electron chi connectivity index (χ0n) is 11.2. The largest absolute Gasteiger partial charge is 0.311 e. The monoisotopic (exact) mass is 246 g/mol. The Kier molecular flexibility index (Phi) is 3.31. The zero-order valence-corrected chi connectivity index (χ0v) is 11.2. The van der Waals surface area contributed by atoms with Crippen LogP contribution in [0.3, 0.4) is 0 Å². The van der Waals surface area contributed by atoms with Crippen molar-refractivity contribution in [1.82, 2.24) is 20.2 Å². The predicted octanol–water partition coefficient (Wildman–Crippen LogP) is 1.61. The first-order valence-electron chi connectivity index (χ1n) is 6.94. The zero-order chi connectivity index (χ0) is 12.5. The fourth-order valence-corrected chi connectivity index (χ4v) is 3.82. The summed E-state index contributed by atoms with van der Waals surface area (Å²) < 4.78 is 0. The van der Waals surface area contributed by atoms with E-state index >= 15 is 0 Å². The maximum Gasteiger partial charge on any atom is 0.0758 e. The summed E-state index contributed by atoms with van der Waals surface area (Å²) in [6, 6.07) is 1.91. The molecule has 2 bridgehead atoms. The van der Waals surface area contributed by atoms with Gasteiger partial charge in [-0.1, -0.05) is 0 Å². The third kappa shape index (κ3) is 2.04. The van der Waals surface area contributed by atoms with Gasteiger partial charge in [-0.15, -0.1) is 0 Å². The molecule has 1 aromatic rings. The normalized spacial score (nSPS) is 33.6. The molecule has 0 aliphatic carbocycles. The fraction of sp³-hybridized carbons (Fsp3) is 0.714. The van der Waals surface area contributed by atoms with Crippen LogP contribution in [0.2, 0.25) is 0 Å². The van der Waals surface area contributed by atoms with Gasteiger partial charge in [0.15, 0.2) is 0 Å². The summed E-state index contributed by atoms with van der Waals surface area (Å²) in [7, 11) is 4.33. The van der Waals surface area contributed by atoms with E-state index in [1.807, 2.05) is 13.2 Å². The molecule has 0 saturated carbocycles. The highest BCUT2D eigenvalue weighted by Gasteiger charge is 2.41. The van der Waals surface area contributed by atoms with Crippen molar-refractivity contribution in [3.63, 3.8) is 0 Å². The molecule has 2 saturated heterocycles. The highest BCUT2D eigenvalue weighted by molar-refractivity contribution is 5.07. The van der Waals surface area contributed by atoms with E-state index in [4.69, 9.17) is 0 Å². The van der Waals surface area contributed by atoms with Crippen molar-refractivity contribution in [2.24, 2.45) is 5.92 Å². The summed E-state index contributed by atoms with van der Waals surface area (Å²) in [5, 5.41) is 3.45. The van der Waals surface area contributed by atoms with Crippen LogP contribution >= 0.6 is 0 Å². The number of nitrogens with zero attached hydrogens (tertiary/aromatic N) is 3. The van der Waals surface area contributed by atoms with Crippen LogP contribution in [-0.2, 0) is 0 Å². The molecule has 2 aliphatic heterocycles. The quantitative estimate of drug-likeness (QED) is 0.879. The standard InChI is InChI=1S/C14H22N4/c1-15-14(13-9-16-5-6-17-13)10-7-11-3-4-12(8-10)18(11)2/h5-6,9-12,14-15H,3-4,7-8H2,1-2H3. The molecule has 0 spiro atoms. The van der Waals surface area contributed by atoms with Crippen LogP contribution < -0.4 is 5.32 Å². The Balaban J connectivity index is 1.78. The summed E-state index contributed by atoms with van der Waals surface area (Å²) in [6.45, 7) is 0. The van der Waals surface area contributed by atoms with Gasteiger partial charge in [0.05, 0.1) is 11.7 Å². The van der Waals surface area contributed by atoms with E-state index in [0.717, 1.165) is 17.8 Å². The molecule has 3 unspecified atom stereocenters. The van der Waals surface area contributed by atoms with Crippen molar-refractivity contribution < 1.29 is 0 Å².